The Labute approximate surface area is 101 Å². The Morgan fingerprint density at radius 1 is 1.19 bits per heavy atom. The van der Waals surface area contributed by atoms with Crippen LogP contribution in [0.15, 0.2) is 37.0 Å². The summed E-state index contributed by atoms with van der Waals surface area (Å²) in [5.74, 6) is 0. The lowest BCUT2D eigenvalue weighted by Crippen LogP contribution is -2.36. The van der Waals surface area contributed by atoms with Gasteiger partial charge in [-0.15, -0.1) is 0 Å². The molecule has 1 heterocycles. The van der Waals surface area contributed by atoms with Crippen LogP contribution in [0.25, 0.3) is 0 Å². The fourth-order valence-corrected chi connectivity index (χ4v) is 2.70. The van der Waals surface area contributed by atoms with Gasteiger partial charge >= 0.3 is 0 Å². The smallest absolute Gasteiger partial charge is 0.0239 e. The summed E-state index contributed by atoms with van der Waals surface area (Å²) in [6.07, 6.45) is 11.1. The van der Waals surface area contributed by atoms with Gasteiger partial charge in [-0.1, -0.05) is 45.2 Å². The summed E-state index contributed by atoms with van der Waals surface area (Å²) in [6.45, 7) is 13.3. The average Bonchev–Trinajstić information content (AvgIpc) is 2.70. The molecule has 1 aliphatic heterocycles. The molecule has 90 valence electrons. The molecule has 0 aromatic rings. The number of nitrogens with zero attached hydrogens (tertiary/aromatic N) is 1. The quantitative estimate of drug-likeness (QED) is 0.612. The summed E-state index contributed by atoms with van der Waals surface area (Å²) in [5.41, 5.74) is 1.29. The van der Waals surface area contributed by atoms with E-state index < -0.39 is 0 Å². The van der Waals surface area contributed by atoms with Gasteiger partial charge in [0.25, 0.3) is 0 Å². The number of likely N-dealkylation sites (tertiary alicyclic amines) is 1. The highest BCUT2D eigenvalue weighted by atomic mass is 15.2. The van der Waals surface area contributed by atoms with Crippen LogP contribution < -0.4 is 0 Å². The molecule has 1 nitrogen and oxygen atoms in total. The SMILES string of the molecule is C=C/C=C(\C=C)CN1C(CC)CCC1CC. The van der Waals surface area contributed by atoms with Crippen LogP contribution in [0.3, 0.4) is 0 Å². The van der Waals surface area contributed by atoms with E-state index in [2.05, 4.69) is 38.0 Å². The minimum Gasteiger partial charge on any atom is -0.293 e. The second kappa shape index (κ2) is 6.70. The molecule has 0 N–H and O–H groups in total. The van der Waals surface area contributed by atoms with Crippen LogP contribution in [0.1, 0.15) is 39.5 Å². The second-order valence-electron chi connectivity index (χ2n) is 4.56. The van der Waals surface area contributed by atoms with Gasteiger partial charge in [0, 0.05) is 18.6 Å². The maximum absolute atomic E-state index is 3.88. The van der Waals surface area contributed by atoms with E-state index in [0.717, 1.165) is 18.6 Å². The molecule has 1 saturated heterocycles. The number of hydrogen-bond acceptors (Lipinski definition) is 1. The zero-order valence-corrected chi connectivity index (χ0v) is 10.8. The molecule has 2 unspecified atom stereocenters. The highest BCUT2D eigenvalue weighted by molar-refractivity contribution is 5.23. The van der Waals surface area contributed by atoms with E-state index in [4.69, 9.17) is 0 Å². The fourth-order valence-electron chi connectivity index (χ4n) is 2.70. The van der Waals surface area contributed by atoms with E-state index in [1.807, 2.05) is 12.2 Å². The van der Waals surface area contributed by atoms with Gasteiger partial charge in [0.1, 0.15) is 0 Å². The molecule has 0 amide bonds. The molecule has 0 aliphatic carbocycles. The summed E-state index contributed by atoms with van der Waals surface area (Å²) in [5, 5.41) is 0. The maximum atomic E-state index is 3.88. The molecule has 0 saturated carbocycles. The van der Waals surface area contributed by atoms with E-state index in [1.54, 1.807) is 0 Å². The van der Waals surface area contributed by atoms with Gasteiger partial charge in [-0.25, -0.2) is 0 Å². The first-order valence-corrected chi connectivity index (χ1v) is 6.46. The number of hydrogen-bond donors (Lipinski definition) is 0. The lowest BCUT2D eigenvalue weighted by Gasteiger charge is -2.29. The van der Waals surface area contributed by atoms with Crippen LogP contribution in [0.5, 0.6) is 0 Å². The Bertz CT molecular complexity index is 253. The number of rotatable bonds is 6. The zero-order chi connectivity index (χ0) is 12.0. The standard InChI is InChI=1S/C15H25N/c1-5-9-13(6-2)12-16-14(7-3)10-11-15(16)8-4/h5-6,9,14-15H,1-2,7-8,10-12H2,3-4H3/b13-9+. The lowest BCUT2D eigenvalue weighted by atomic mass is 10.1. The van der Waals surface area contributed by atoms with Crippen molar-refractivity contribution in [1.29, 1.82) is 0 Å². The van der Waals surface area contributed by atoms with Gasteiger partial charge < -0.3 is 0 Å². The van der Waals surface area contributed by atoms with Crippen LogP contribution >= 0.6 is 0 Å². The van der Waals surface area contributed by atoms with Crippen LogP contribution in [0, 0.1) is 0 Å². The summed E-state index contributed by atoms with van der Waals surface area (Å²) >= 11 is 0. The van der Waals surface area contributed by atoms with Crippen molar-refractivity contribution in [1.82, 2.24) is 4.90 Å². The van der Waals surface area contributed by atoms with Crippen molar-refractivity contribution in [2.75, 3.05) is 6.54 Å². The minimum atomic E-state index is 0.762. The largest absolute Gasteiger partial charge is 0.293 e. The first-order chi connectivity index (χ1) is 7.76. The molecule has 0 aromatic heterocycles. The van der Waals surface area contributed by atoms with Crippen LogP contribution in [0.4, 0.5) is 0 Å². The molecular formula is C15H25N. The van der Waals surface area contributed by atoms with Crippen molar-refractivity contribution in [3.8, 4) is 0 Å². The highest BCUT2D eigenvalue weighted by Crippen LogP contribution is 2.28. The Kier molecular flexibility index (Phi) is 5.54. The van der Waals surface area contributed by atoms with Gasteiger partial charge in [0.05, 0.1) is 0 Å². The minimum absolute atomic E-state index is 0.762. The molecule has 0 radical (unpaired) electrons. The molecule has 1 heteroatoms. The van der Waals surface area contributed by atoms with Gasteiger partial charge in [-0.2, -0.15) is 0 Å². The molecule has 1 aliphatic rings. The Balaban J connectivity index is 2.70. The Morgan fingerprint density at radius 3 is 2.12 bits per heavy atom. The molecule has 1 rings (SSSR count). The third kappa shape index (κ3) is 3.08. The first kappa shape index (κ1) is 13.2. The highest BCUT2D eigenvalue weighted by Gasteiger charge is 2.30. The first-order valence-electron chi connectivity index (χ1n) is 6.46. The van der Waals surface area contributed by atoms with Crippen molar-refractivity contribution in [2.24, 2.45) is 0 Å². The van der Waals surface area contributed by atoms with E-state index in [0.29, 0.717) is 0 Å². The van der Waals surface area contributed by atoms with Crippen molar-refractivity contribution in [3.63, 3.8) is 0 Å². The van der Waals surface area contributed by atoms with Crippen molar-refractivity contribution in [2.45, 2.75) is 51.6 Å². The molecule has 0 spiro atoms. The molecule has 0 aromatic carbocycles. The molecule has 0 bridgehead atoms. The van der Waals surface area contributed by atoms with E-state index >= 15 is 0 Å². The van der Waals surface area contributed by atoms with Gasteiger partial charge in [0.2, 0.25) is 0 Å². The molecular weight excluding hydrogens is 194 g/mol. The molecule has 16 heavy (non-hydrogen) atoms. The van der Waals surface area contributed by atoms with Crippen molar-refractivity contribution >= 4 is 0 Å². The molecule has 2 atom stereocenters. The predicted molar refractivity (Wildman–Crippen MR) is 72.6 cm³/mol. The normalized spacial score (nSPS) is 27.0. The summed E-state index contributed by atoms with van der Waals surface area (Å²) in [7, 11) is 0. The monoisotopic (exact) mass is 219 g/mol. The van der Waals surface area contributed by atoms with E-state index in [9.17, 15) is 0 Å². The van der Waals surface area contributed by atoms with Gasteiger partial charge in [-0.05, 0) is 31.3 Å². The van der Waals surface area contributed by atoms with Gasteiger partial charge in [-0.3, -0.25) is 4.90 Å². The van der Waals surface area contributed by atoms with Crippen LogP contribution in [0.2, 0.25) is 0 Å². The van der Waals surface area contributed by atoms with E-state index in [1.165, 1.54) is 31.3 Å². The fraction of sp³-hybridized carbons (Fsp3) is 0.600. The Morgan fingerprint density at radius 2 is 1.75 bits per heavy atom. The van der Waals surface area contributed by atoms with E-state index in [-0.39, 0.29) is 0 Å². The summed E-state index contributed by atoms with van der Waals surface area (Å²) in [6, 6.07) is 1.52. The maximum Gasteiger partial charge on any atom is 0.0239 e. The Hall–Kier alpha value is -0.820. The average molecular weight is 219 g/mol. The topological polar surface area (TPSA) is 3.24 Å². The zero-order valence-electron chi connectivity index (χ0n) is 10.8. The van der Waals surface area contributed by atoms with Crippen molar-refractivity contribution < 1.29 is 0 Å². The lowest BCUT2D eigenvalue weighted by molar-refractivity contribution is 0.203. The molecule has 1 fully saturated rings. The second-order valence-corrected chi connectivity index (χ2v) is 4.56. The third-order valence-corrected chi connectivity index (χ3v) is 3.67. The van der Waals surface area contributed by atoms with Gasteiger partial charge in [0.15, 0.2) is 0 Å². The van der Waals surface area contributed by atoms with Crippen molar-refractivity contribution in [3.05, 3.63) is 37.0 Å². The van der Waals surface area contributed by atoms with Crippen LogP contribution in [-0.4, -0.2) is 23.5 Å². The van der Waals surface area contributed by atoms with Crippen LogP contribution in [-0.2, 0) is 0 Å². The summed E-state index contributed by atoms with van der Waals surface area (Å²) in [4.78, 5) is 2.65. The number of allylic oxidation sites excluding steroid dienone is 2. The summed E-state index contributed by atoms with van der Waals surface area (Å²) < 4.78 is 0. The predicted octanol–water partition coefficient (Wildman–Crippen LogP) is 3.94. The third-order valence-electron chi connectivity index (χ3n) is 3.67.